The summed E-state index contributed by atoms with van der Waals surface area (Å²) in [7, 11) is 0. The number of piperidine rings is 1. The maximum absolute atomic E-state index is 13.9. The molecule has 2 aliphatic heterocycles. The van der Waals surface area contributed by atoms with Crippen molar-refractivity contribution in [1.82, 2.24) is 40.9 Å². The van der Waals surface area contributed by atoms with E-state index in [2.05, 4.69) is 73.2 Å². The number of hydrogen-bond acceptors (Lipinski definition) is 13. The molecule has 7 N–H and O–H groups in total. The van der Waals surface area contributed by atoms with Crippen molar-refractivity contribution in [1.29, 1.82) is 0 Å². The third kappa shape index (κ3) is 16.8. The number of carbonyl (C=O) groups is 6. The number of urea groups is 1. The van der Waals surface area contributed by atoms with Gasteiger partial charge in [0.25, 0.3) is 11.8 Å². The molecule has 7 rings (SSSR count). The second-order valence-corrected chi connectivity index (χ2v) is 21.1. The Morgan fingerprint density at radius 1 is 0.831 bits per heavy atom. The van der Waals surface area contributed by atoms with Crippen LogP contribution in [0.4, 0.5) is 10.5 Å². The molecule has 2 aromatic heterocycles. The zero-order valence-electron chi connectivity index (χ0n) is 43.5. The number of ketones is 1. The van der Waals surface area contributed by atoms with Crippen LogP contribution in [0.1, 0.15) is 64.4 Å². The molecule has 23 heteroatoms. The fourth-order valence-electron chi connectivity index (χ4n) is 9.49. The standard InChI is InChI=1S/C54H67Br2N11O10/c1-35(2)48(62-45(69)17-23-74-26-28-76-29-27-75-24-19-66-52(71)46(55)47(56)53(66)72)44(68)32-39(9-7-18-58-54(57)73)51(70)61-40-14-11-36(12-15-40)33-67(20-4-3-5-21-67)22-25-77-41-10-6-8-37(30-41)49-42-31-38(50-59-34-60-65-50)13-16-43(42)63-64-49/h6,8,10-16,30-31,34-35,39,48H,3-5,7,9,17-29,32-33H2,1-2H3,(H6-,57,58,59,60,61,62,63,64,65,69,70,71,72,73)/p+1/t39-,48+/m1/s1. The molecule has 21 nitrogen and oxygen atoms in total. The Morgan fingerprint density at radius 3 is 2.23 bits per heavy atom. The number of Topliss-reactive ketones (excluding diaryl/α,β-unsaturated/α-hetero) is 1. The van der Waals surface area contributed by atoms with E-state index in [-0.39, 0.29) is 98.1 Å². The lowest BCUT2D eigenvalue weighted by Crippen LogP contribution is -2.52. The van der Waals surface area contributed by atoms with Crippen LogP contribution in [0.3, 0.4) is 0 Å². The highest BCUT2D eigenvalue weighted by molar-refractivity contribution is 9.14. The number of halogens is 2. The van der Waals surface area contributed by atoms with Gasteiger partial charge in [-0.05, 0) is 112 Å². The molecule has 0 saturated carbocycles. The van der Waals surface area contributed by atoms with Gasteiger partial charge in [-0.2, -0.15) is 10.2 Å². The van der Waals surface area contributed by atoms with Crippen molar-refractivity contribution in [2.24, 2.45) is 17.6 Å². The summed E-state index contributed by atoms with van der Waals surface area (Å²) in [5.41, 5.74) is 10.6. The highest BCUT2D eigenvalue weighted by Crippen LogP contribution is 2.32. The van der Waals surface area contributed by atoms with Crippen LogP contribution < -0.4 is 26.4 Å². The number of anilines is 1. The van der Waals surface area contributed by atoms with Crippen molar-refractivity contribution in [3.63, 3.8) is 0 Å². The number of H-pyrrole nitrogens is 2. The monoisotopic (exact) mass is 1190 g/mol. The van der Waals surface area contributed by atoms with Crippen LogP contribution in [-0.4, -0.2) is 155 Å². The number of hydrogen-bond donors (Lipinski definition) is 6. The summed E-state index contributed by atoms with van der Waals surface area (Å²) in [6.07, 6.45) is 5.51. The van der Waals surface area contributed by atoms with Gasteiger partial charge in [-0.15, -0.1) is 0 Å². The van der Waals surface area contributed by atoms with Crippen molar-refractivity contribution in [3.05, 3.63) is 87.6 Å². The number of fused-ring (bicyclic) bond motifs is 1. The Balaban J connectivity index is 0.858. The van der Waals surface area contributed by atoms with E-state index in [0.717, 1.165) is 87.4 Å². The summed E-state index contributed by atoms with van der Waals surface area (Å²) in [5.74, 6) is -1.39. The molecule has 0 spiro atoms. The van der Waals surface area contributed by atoms with Crippen LogP contribution in [0.2, 0.25) is 0 Å². The molecule has 0 bridgehead atoms. The molecular weight excluding hydrogens is 1120 g/mol. The van der Waals surface area contributed by atoms with Crippen LogP contribution in [0, 0.1) is 11.8 Å². The number of rotatable bonds is 31. The topological polar surface area (TPSA) is 275 Å². The third-order valence-electron chi connectivity index (χ3n) is 13.6. The fourth-order valence-corrected chi connectivity index (χ4v) is 10.3. The SMILES string of the molecule is CC(C)[C@H](NC(=O)CCOCCOCCOCCN1C(=O)C(Br)=C(Br)C1=O)C(=O)C[C@@H](CCCNC(N)=O)C(=O)Nc1ccc(C[N+]2(CCOc3cccc(-c4n[nH]c5ccc(-c6ncn[nH]6)cc45)c3)CCCCC2)cc1. The van der Waals surface area contributed by atoms with E-state index < -0.39 is 29.8 Å². The number of imide groups is 1. The third-order valence-corrected chi connectivity index (χ3v) is 15.6. The van der Waals surface area contributed by atoms with Gasteiger partial charge in [-0.3, -0.25) is 39.1 Å². The molecule has 0 aliphatic carbocycles. The first kappa shape index (κ1) is 58.3. The molecule has 0 unspecified atom stereocenters. The van der Waals surface area contributed by atoms with Crippen molar-refractivity contribution >= 4 is 83.9 Å². The summed E-state index contributed by atoms with van der Waals surface area (Å²) in [4.78, 5) is 81.8. The lowest BCUT2D eigenvalue weighted by molar-refractivity contribution is -0.945. The molecule has 1 fully saturated rings. The summed E-state index contributed by atoms with van der Waals surface area (Å²) < 4.78 is 24.2. The van der Waals surface area contributed by atoms with Crippen molar-refractivity contribution < 1.29 is 52.2 Å². The number of ether oxygens (including phenoxy) is 4. The number of carbonyl (C=O) groups excluding carboxylic acids is 6. The summed E-state index contributed by atoms with van der Waals surface area (Å²) in [6.45, 7) is 9.47. The van der Waals surface area contributed by atoms with Crippen LogP contribution in [0.15, 0.2) is 82.0 Å². The lowest BCUT2D eigenvalue weighted by Gasteiger charge is -2.41. The van der Waals surface area contributed by atoms with Crippen molar-refractivity contribution in [2.75, 3.05) is 84.3 Å². The van der Waals surface area contributed by atoms with E-state index in [0.29, 0.717) is 31.0 Å². The van der Waals surface area contributed by atoms with Gasteiger partial charge in [-0.1, -0.05) is 38.1 Å². The second kappa shape index (κ2) is 28.8. The average Bonchev–Trinajstić information content (AvgIpc) is 4.16. The number of quaternary nitrogens is 1. The minimum absolute atomic E-state index is 0.00895. The van der Waals surface area contributed by atoms with E-state index in [1.807, 2.05) is 80.6 Å². The van der Waals surface area contributed by atoms with E-state index in [4.69, 9.17) is 24.7 Å². The van der Waals surface area contributed by atoms with E-state index in [1.54, 1.807) is 0 Å². The largest absolute Gasteiger partial charge is 0.488 e. The minimum Gasteiger partial charge on any atom is -0.488 e. The van der Waals surface area contributed by atoms with Gasteiger partial charge in [-0.25, -0.2) is 9.78 Å². The van der Waals surface area contributed by atoms with Gasteiger partial charge < -0.3 is 45.1 Å². The molecule has 412 valence electrons. The van der Waals surface area contributed by atoms with Gasteiger partial charge in [0, 0.05) is 53.1 Å². The highest BCUT2D eigenvalue weighted by Gasteiger charge is 2.36. The zero-order valence-corrected chi connectivity index (χ0v) is 46.6. The van der Waals surface area contributed by atoms with Crippen LogP contribution in [0.5, 0.6) is 5.75 Å². The quantitative estimate of drug-likeness (QED) is 0.0157. The molecule has 2 aliphatic rings. The van der Waals surface area contributed by atoms with Gasteiger partial charge in [0.2, 0.25) is 11.8 Å². The van der Waals surface area contributed by atoms with Gasteiger partial charge in [0.15, 0.2) is 11.6 Å². The zero-order chi connectivity index (χ0) is 54.7. The maximum atomic E-state index is 13.9. The number of nitrogens with zero attached hydrogens (tertiary/aromatic N) is 5. The Kier molecular flexibility index (Phi) is 21.8. The van der Waals surface area contributed by atoms with Gasteiger partial charge in [0.05, 0.1) is 70.8 Å². The van der Waals surface area contributed by atoms with Crippen LogP contribution in [0.25, 0.3) is 33.5 Å². The summed E-state index contributed by atoms with van der Waals surface area (Å²) in [6, 6.07) is 20.4. The van der Waals surface area contributed by atoms with E-state index >= 15 is 0 Å². The Labute approximate surface area is 464 Å². The average molecular weight is 1190 g/mol. The van der Waals surface area contributed by atoms with E-state index in [9.17, 15) is 28.8 Å². The molecule has 77 heavy (non-hydrogen) atoms. The van der Waals surface area contributed by atoms with Crippen LogP contribution >= 0.6 is 31.9 Å². The summed E-state index contributed by atoms with van der Waals surface area (Å²) in [5, 5.41) is 24.1. The Morgan fingerprint density at radius 2 is 1.55 bits per heavy atom. The molecule has 1 saturated heterocycles. The molecule has 6 amide bonds. The highest BCUT2D eigenvalue weighted by atomic mass is 79.9. The second-order valence-electron chi connectivity index (χ2n) is 19.5. The van der Waals surface area contributed by atoms with Crippen molar-refractivity contribution in [2.45, 2.75) is 71.4 Å². The lowest BCUT2D eigenvalue weighted by atomic mass is 9.89. The number of benzene rings is 3. The number of nitrogens with one attached hydrogen (secondary N) is 5. The first-order valence-corrected chi connectivity index (χ1v) is 27.6. The molecule has 0 radical (unpaired) electrons. The maximum Gasteiger partial charge on any atom is 0.312 e. The summed E-state index contributed by atoms with van der Waals surface area (Å²) >= 11 is 6.18. The number of amides is 6. The fraction of sp³-hybridized carbons (Fsp3) is 0.463. The van der Waals surface area contributed by atoms with Gasteiger partial charge in [0.1, 0.15) is 46.4 Å². The Bertz CT molecular complexity index is 2810. The molecule has 2 atom stereocenters. The number of likely N-dealkylation sites (tertiary alicyclic amines) is 1. The van der Waals surface area contributed by atoms with Crippen LogP contribution in [-0.2, 0) is 44.7 Å². The Hall–Kier alpha value is -6.37. The molecule has 4 heterocycles. The molecular formula is C54H68Br2N11O10+. The normalized spacial score (nSPS) is 15.3. The molecule has 5 aromatic rings. The number of aromatic nitrogens is 5. The van der Waals surface area contributed by atoms with Crippen molar-refractivity contribution in [3.8, 4) is 28.4 Å². The molecule has 3 aromatic carbocycles. The number of nitrogens with two attached hydrogens (primary N) is 1. The predicted octanol–water partition coefficient (Wildman–Crippen LogP) is 6.51. The number of aromatic amines is 2. The van der Waals surface area contributed by atoms with E-state index in [1.165, 1.54) is 12.7 Å². The smallest absolute Gasteiger partial charge is 0.312 e. The first-order valence-electron chi connectivity index (χ1n) is 26.0. The first-order chi connectivity index (χ1) is 37.2. The number of primary amides is 1. The minimum atomic E-state index is -0.839. The van der Waals surface area contributed by atoms with Gasteiger partial charge >= 0.3 is 6.03 Å². The predicted molar refractivity (Wildman–Crippen MR) is 295 cm³/mol.